The number of nitrogens with zero attached hydrogens (tertiary/aromatic N) is 2. The van der Waals surface area contributed by atoms with Crippen molar-refractivity contribution in [3.63, 3.8) is 0 Å². The van der Waals surface area contributed by atoms with Crippen LogP contribution in [0.2, 0.25) is 0 Å². The van der Waals surface area contributed by atoms with Gasteiger partial charge in [-0.05, 0) is 19.4 Å². The van der Waals surface area contributed by atoms with Crippen molar-refractivity contribution in [2.45, 2.75) is 39.2 Å². The Labute approximate surface area is 126 Å². The molecule has 0 spiro atoms. The van der Waals surface area contributed by atoms with Crippen molar-refractivity contribution >= 4 is 5.95 Å². The molecule has 3 rings (SSSR count). The Balaban J connectivity index is 1.90. The van der Waals surface area contributed by atoms with E-state index in [1.54, 1.807) is 0 Å². The van der Waals surface area contributed by atoms with Gasteiger partial charge in [-0.25, -0.2) is 4.98 Å². The number of para-hydroxylation sites is 1. The van der Waals surface area contributed by atoms with Gasteiger partial charge in [0.1, 0.15) is 5.75 Å². The van der Waals surface area contributed by atoms with E-state index in [1.165, 1.54) is 12.0 Å². The van der Waals surface area contributed by atoms with Crippen LogP contribution < -0.4 is 10.1 Å². The minimum atomic E-state index is 0.306. The lowest BCUT2D eigenvalue weighted by atomic mass is 10.0. The lowest BCUT2D eigenvalue weighted by Gasteiger charge is -2.28. The van der Waals surface area contributed by atoms with Crippen LogP contribution in [0.25, 0.3) is 0 Å². The largest absolute Gasteiger partial charge is 0.493 e. The van der Waals surface area contributed by atoms with Crippen LogP contribution in [-0.2, 0) is 0 Å². The average molecular weight is 285 g/mol. The lowest BCUT2D eigenvalue weighted by molar-refractivity contribution is 0.257. The zero-order valence-corrected chi connectivity index (χ0v) is 12.8. The molecule has 0 fully saturated rings. The number of rotatable bonds is 5. The van der Waals surface area contributed by atoms with Crippen molar-refractivity contribution in [1.82, 2.24) is 9.55 Å². The van der Waals surface area contributed by atoms with Gasteiger partial charge < -0.3 is 14.6 Å². The summed E-state index contributed by atoms with van der Waals surface area (Å²) in [7, 11) is 0. The van der Waals surface area contributed by atoms with Gasteiger partial charge in [-0.3, -0.25) is 0 Å². The maximum absolute atomic E-state index is 5.77. The highest BCUT2D eigenvalue weighted by molar-refractivity contribution is 5.41. The van der Waals surface area contributed by atoms with Crippen LogP contribution in [0.3, 0.4) is 0 Å². The third kappa shape index (κ3) is 2.89. The maximum atomic E-state index is 5.77. The molecule has 112 valence electrons. The summed E-state index contributed by atoms with van der Waals surface area (Å²) in [5.74, 6) is 1.97. The number of nitrogens with one attached hydrogen (secondary N) is 1. The Morgan fingerprint density at radius 2 is 2.24 bits per heavy atom. The quantitative estimate of drug-likeness (QED) is 0.850. The SMILES string of the molecule is CCCCNc1nc(C)cn1C1CCOc2ccccc21. The van der Waals surface area contributed by atoms with Crippen molar-refractivity contribution < 1.29 is 4.74 Å². The Morgan fingerprint density at radius 1 is 1.38 bits per heavy atom. The molecular formula is C17H23N3O. The van der Waals surface area contributed by atoms with Crippen molar-refractivity contribution in [3.05, 3.63) is 41.7 Å². The number of anilines is 1. The van der Waals surface area contributed by atoms with Crippen LogP contribution in [0.1, 0.15) is 43.5 Å². The molecule has 1 atom stereocenters. The molecule has 1 unspecified atom stereocenters. The van der Waals surface area contributed by atoms with E-state index < -0.39 is 0 Å². The van der Waals surface area contributed by atoms with E-state index in [-0.39, 0.29) is 0 Å². The van der Waals surface area contributed by atoms with E-state index in [4.69, 9.17) is 4.74 Å². The Hall–Kier alpha value is -1.97. The van der Waals surface area contributed by atoms with Crippen molar-refractivity contribution in [2.75, 3.05) is 18.5 Å². The Morgan fingerprint density at radius 3 is 3.10 bits per heavy atom. The van der Waals surface area contributed by atoms with E-state index in [2.05, 4.69) is 46.2 Å². The summed E-state index contributed by atoms with van der Waals surface area (Å²) in [6, 6.07) is 8.62. The summed E-state index contributed by atoms with van der Waals surface area (Å²) in [6.07, 6.45) is 5.47. The van der Waals surface area contributed by atoms with E-state index in [1.807, 2.05) is 13.0 Å². The zero-order chi connectivity index (χ0) is 14.7. The molecule has 0 saturated heterocycles. The molecule has 0 bridgehead atoms. The molecule has 0 radical (unpaired) electrons. The predicted octanol–water partition coefficient (Wildman–Crippen LogP) is 3.78. The minimum Gasteiger partial charge on any atom is -0.493 e. The second-order valence-corrected chi connectivity index (χ2v) is 5.58. The first kappa shape index (κ1) is 14.0. The number of aryl methyl sites for hydroxylation is 1. The highest BCUT2D eigenvalue weighted by atomic mass is 16.5. The van der Waals surface area contributed by atoms with Crippen molar-refractivity contribution in [3.8, 4) is 5.75 Å². The number of benzene rings is 1. The number of aromatic nitrogens is 2. The van der Waals surface area contributed by atoms with Gasteiger partial charge in [0.2, 0.25) is 5.95 Å². The number of ether oxygens (including phenoxy) is 1. The fraction of sp³-hybridized carbons (Fsp3) is 0.471. The van der Waals surface area contributed by atoms with Crippen molar-refractivity contribution in [1.29, 1.82) is 0 Å². The van der Waals surface area contributed by atoms with Crippen LogP contribution in [0.5, 0.6) is 5.75 Å². The molecule has 21 heavy (non-hydrogen) atoms. The summed E-state index contributed by atoms with van der Waals surface area (Å²) in [5.41, 5.74) is 2.30. The van der Waals surface area contributed by atoms with Crippen LogP contribution in [0, 0.1) is 6.92 Å². The number of hydrogen-bond donors (Lipinski definition) is 1. The third-order valence-electron chi connectivity index (χ3n) is 3.93. The maximum Gasteiger partial charge on any atom is 0.203 e. The predicted molar refractivity (Wildman–Crippen MR) is 85.1 cm³/mol. The molecule has 2 aromatic rings. The second-order valence-electron chi connectivity index (χ2n) is 5.58. The summed E-state index contributed by atoms with van der Waals surface area (Å²) >= 11 is 0. The second kappa shape index (κ2) is 6.20. The molecule has 1 N–H and O–H groups in total. The first-order valence-corrected chi connectivity index (χ1v) is 7.80. The highest BCUT2D eigenvalue weighted by Gasteiger charge is 2.24. The van der Waals surface area contributed by atoms with Gasteiger partial charge in [-0.2, -0.15) is 0 Å². The molecule has 1 aliphatic heterocycles. The Bertz CT molecular complexity index is 606. The lowest BCUT2D eigenvalue weighted by Crippen LogP contribution is -2.21. The van der Waals surface area contributed by atoms with Crippen LogP contribution in [-0.4, -0.2) is 22.7 Å². The molecule has 1 aliphatic rings. The molecular weight excluding hydrogens is 262 g/mol. The van der Waals surface area contributed by atoms with Gasteiger partial charge in [0.15, 0.2) is 0 Å². The van der Waals surface area contributed by atoms with Gasteiger partial charge in [0.25, 0.3) is 0 Å². The highest BCUT2D eigenvalue weighted by Crippen LogP contribution is 2.36. The van der Waals surface area contributed by atoms with E-state index in [0.717, 1.165) is 43.4 Å². The smallest absolute Gasteiger partial charge is 0.203 e. The normalized spacial score (nSPS) is 17.1. The Kier molecular flexibility index (Phi) is 4.13. The number of imidazole rings is 1. The molecule has 1 aromatic heterocycles. The molecule has 0 aliphatic carbocycles. The molecule has 0 amide bonds. The zero-order valence-electron chi connectivity index (χ0n) is 12.8. The summed E-state index contributed by atoms with van der Waals surface area (Å²) < 4.78 is 8.04. The fourth-order valence-electron chi connectivity index (χ4n) is 2.87. The first-order valence-electron chi connectivity index (χ1n) is 7.80. The van der Waals surface area contributed by atoms with Crippen LogP contribution in [0.15, 0.2) is 30.5 Å². The van der Waals surface area contributed by atoms with E-state index in [0.29, 0.717) is 6.04 Å². The molecule has 0 saturated carbocycles. The minimum absolute atomic E-state index is 0.306. The molecule has 4 nitrogen and oxygen atoms in total. The van der Waals surface area contributed by atoms with Crippen LogP contribution >= 0.6 is 0 Å². The van der Waals surface area contributed by atoms with Crippen molar-refractivity contribution in [2.24, 2.45) is 0 Å². The summed E-state index contributed by atoms with van der Waals surface area (Å²) in [4.78, 5) is 4.64. The monoisotopic (exact) mass is 285 g/mol. The van der Waals surface area contributed by atoms with Gasteiger partial charge in [0, 0.05) is 24.7 Å². The van der Waals surface area contributed by atoms with Gasteiger partial charge in [-0.15, -0.1) is 0 Å². The fourth-order valence-corrected chi connectivity index (χ4v) is 2.87. The number of hydrogen-bond acceptors (Lipinski definition) is 3. The van der Waals surface area contributed by atoms with Gasteiger partial charge in [0.05, 0.1) is 18.3 Å². The van der Waals surface area contributed by atoms with Gasteiger partial charge >= 0.3 is 0 Å². The summed E-state index contributed by atoms with van der Waals surface area (Å²) in [6.45, 7) is 5.98. The molecule has 4 heteroatoms. The first-order chi connectivity index (χ1) is 10.3. The van der Waals surface area contributed by atoms with E-state index in [9.17, 15) is 0 Å². The van der Waals surface area contributed by atoms with E-state index >= 15 is 0 Å². The summed E-state index contributed by atoms with van der Waals surface area (Å²) in [5, 5.41) is 3.47. The number of fused-ring (bicyclic) bond motifs is 1. The van der Waals surface area contributed by atoms with Gasteiger partial charge in [-0.1, -0.05) is 31.5 Å². The topological polar surface area (TPSA) is 39.1 Å². The van der Waals surface area contributed by atoms with Crippen LogP contribution in [0.4, 0.5) is 5.95 Å². The molecule has 1 aromatic carbocycles. The standard InChI is InChI=1S/C17H23N3O/c1-3-4-10-18-17-19-13(2)12-20(17)15-9-11-21-16-8-6-5-7-14(15)16/h5-8,12,15H,3-4,9-11H2,1-2H3,(H,18,19). The number of unbranched alkanes of at least 4 members (excludes halogenated alkanes) is 1. The third-order valence-corrected chi connectivity index (χ3v) is 3.93. The molecule has 2 heterocycles. The average Bonchev–Trinajstić information content (AvgIpc) is 2.88.